The van der Waals surface area contributed by atoms with Crippen LogP contribution in [0.3, 0.4) is 0 Å². The fourth-order valence-corrected chi connectivity index (χ4v) is 3.44. The molecule has 6 nitrogen and oxygen atoms in total. The summed E-state index contributed by atoms with van der Waals surface area (Å²) >= 11 is 6.03. The van der Waals surface area contributed by atoms with Gasteiger partial charge in [-0.2, -0.15) is 0 Å². The van der Waals surface area contributed by atoms with Crippen LogP contribution in [0.25, 0.3) is 0 Å². The third-order valence-corrected chi connectivity index (χ3v) is 5.02. The minimum atomic E-state index is -3.65. The number of hydrogen-bond acceptors (Lipinski definition) is 4. The highest BCUT2D eigenvalue weighted by Gasteiger charge is 2.16. The average Bonchev–Trinajstić information content (AvgIpc) is 2.61. The number of amides is 1. The maximum atomic E-state index is 13.5. The van der Waals surface area contributed by atoms with Crippen molar-refractivity contribution in [3.63, 3.8) is 0 Å². The summed E-state index contributed by atoms with van der Waals surface area (Å²) in [7, 11) is -3.65. The maximum absolute atomic E-state index is 13.5. The first-order valence-electron chi connectivity index (χ1n) is 7.80. The molecule has 0 radical (unpaired) electrons. The SMILES string of the molecule is CCCNS(=O)(=O)c1ccc(OCC(=O)Nc2ccccc2F)c(Cl)c1. The number of carbonyl (C=O) groups is 1. The second-order valence-corrected chi connectivity index (χ2v) is 7.48. The Morgan fingerprint density at radius 2 is 1.96 bits per heavy atom. The minimum absolute atomic E-state index is 0.000826. The van der Waals surface area contributed by atoms with Gasteiger partial charge in [0, 0.05) is 6.54 Å². The van der Waals surface area contributed by atoms with Gasteiger partial charge in [-0.15, -0.1) is 0 Å². The number of para-hydroxylation sites is 1. The summed E-state index contributed by atoms with van der Waals surface area (Å²) in [4.78, 5) is 11.8. The Balaban J connectivity index is 2.00. The van der Waals surface area contributed by atoms with Crippen LogP contribution in [0, 0.1) is 5.82 Å². The summed E-state index contributed by atoms with van der Waals surface area (Å²) in [5, 5.41) is 2.42. The fourth-order valence-electron chi connectivity index (χ4n) is 1.98. The van der Waals surface area contributed by atoms with Gasteiger partial charge in [-0.25, -0.2) is 17.5 Å². The van der Waals surface area contributed by atoms with Crippen LogP contribution in [-0.2, 0) is 14.8 Å². The van der Waals surface area contributed by atoms with E-state index in [4.69, 9.17) is 16.3 Å². The van der Waals surface area contributed by atoms with Crippen LogP contribution in [0.5, 0.6) is 5.75 Å². The van der Waals surface area contributed by atoms with Crippen LogP contribution in [0.4, 0.5) is 10.1 Å². The Kier molecular flexibility index (Phi) is 6.96. The Morgan fingerprint density at radius 1 is 1.23 bits per heavy atom. The molecule has 0 unspecified atom stereocenters. The average molecular weight is 401 g/mol. The molecule has 0 spiro atoms. The molecular formula is C17H18ClFN2O4S. The van der Waals surface area contributed by atoms with Gasteiger partial charge in [0.2, 0.25) is 10.0 Å². The molecule has 1 amide bonds. The van der Waals surface area contributed by atoms with E-state index >= 15 is 0 Å². The number of hydrogen-bond donors (Lipinski definition) is 2. The Labute approximate surface area is 156 Å². The number of carbonyl (C=O) groups excluding carboxylic acids is 1. The molecule has 2 aromatic carbocycles. The first-order chi connectivity index (χ1) is 12.3. The van der Waals surface area contributed by atoms with E-state index in [-0.39, 0.29) is 21.4 Å². The van der Waals surface area contributed by atoms with Gasteiger partial charge < -0.3 is 10.1 Å². The summed E-state index contributed by atoms with van der Waals surface area (Å²) in [5.74, 6) is -0.995. The lowest BCUT2D eigenvalue weighted by atomic mass is 10.3. The highest BCUT2D eigenvalue weighted by atomic mass is 35.5. The van der Waals surface area contributed by atoms with E-state index in [0.29, 0.717) is 13.0 Å². The van der Waals surface area contributed by atoms with Gasteiger partial charge in [0.25, 0.3) is 5.91 Å². The second-order valence-electron chi connectivity index (χ2n) is 5.31. The van der Waals surface area contributed by atoms with Crippen LogP contribution in [-0.4, -0.2) is 27.5 Å². The molecule has 0 aliphatic carbocycles. The molecule has 0 bridgehead atoms. The quantitative estimate of drug-likeness (QED) is 0.712. The monoisotopic (exact) mass is 400 g/mol. The van der Waals surface area contributed by atoms with Gasteiger partial charge in [0.15, 0.2) is 6.61 Å². The number of benzene rings is 2. The lowest BCUT2D eigenvalue weighted by molar-refractivity contribution is -0.118. The van der Waals surface area contributed by atoms with Gasteiger partial charge >= 0.3 is 0 Å². The molecular weight excluding hydrogens is 383 g/mol. The van der Waals surface area contributed by atoms with E-state index in [1.54, 1.807) is 6.07 Å². The number of anilines is 1. The van der Waals surface area contributed by atoms with E-state index in [9.17, 15) is 17.6 Å². The Hall–Kier alpha value is -2.16. The fraction of sp³-hybridized carbons (Fsp3) is 0.235. The topological polar surface area (TPSA) is 84.5 Å². The molecule has 0 aromatic heterocycles. The molecule has 0 saturated heterocycles. The van der Waals surface area contributed by atoms with E-state index in [2.05, 4.69) is 10.0 Å². The molecule has 0 aliphatic rings. The summed E-state index contributed by atoms with van der Waals surface area (Å²) < 4.78 is 45.3. The van der Waals surface area contributed by atoms with Crippen molar-refractivity contribution in [2.75, 3.05) is 18.5 Å². The van der Waals surface area contributed by atoms with E-state index in [1.807, 2.05) is 6.92 Å². The summed E-state index contributed by atoms with van der Waals surface area (Å²) in [6, 6.07) is 9.66. The molecule has 0 aliphatic heterocycles. The molecule has 9 heteroatoms. The zero-order chi connectivity index (χ0) is 19.2. The van der Waals surface area contributed by atoms with Crippen molar-refractivity contribution in [1.29, 1.82) is 0 Å². The van der Waals surface area contributed by atoms with Crippen molar-refractivity contribution in [3.8, 4) is 5.75 Å². The summed E-state index contributed by atoms with van der Waals surface area (Å²) in [6.07, 6.45) is 0.658. The van der Waals surface area contributed by atoms with Crippen LogP contribution >= 0.6 is 11.6 Å². The van der Waals surface area contributed by atoms with Gasteiger partial charge in [0.1, 0.15) is 11.6 Å². The van der Waals surface area contributed by atoms with Crippen LogP contribution in [0.15, 0.2) is 47.4 Å². The summed E-state index contributed by atoms with van der Waals surface area (Å²) in [5.41, 5.74) is 0.0376. The van der Waals surface area contributed by atoms with Crippen LogP contribution < -0.4 is 14.8 Å². The van der Waals surface area contributed by atoms with Gasteiger partial charge in [-0.05, 0) is 36.8 Å². The molecule has 2 N–H and O–H groups in total. The first kappa shape index (κ1) is 20.2. The smallest absolute Gasteiger partial charge is 0.262 e. The van der Waals surface area contributed by atoms with Gasteiger partial charge in [-0.3, -0.25) is 4.79 Å². The first-order valence-corrected chi connectivity index (χ1v) is 9.66. The van der Waals surface area contributed by atoms with Crippen LogP contribution in [0.1, 0.15) is 13.3 Å². The predicted octanol–water partition coefficient (Wildman–Crippen LogP) is 3.18. The third-order valence-electron chi connectivity index (χ3n) is 3.26. The molecule has 0 atom stereocenters. The normalized spacial score (nSPS) is 11.2. The number of nitrogens with one attached hydrogen (secondary N) is 2. The molecule has 140 valence electrons. The highest BCUT2D eigenvalue weighted by Crippen LogP contribution is 2.27. The molecule has 0 fully saturated rings. The number of halogens is 2. The van der Waals surface area contributed by atoms with E-state index in [0.717, 1.165) is 0 Å². The predicted molar refractivity (Wildman–Crippen MR) is 97.5 cm³/mol. The van der Waals surface area contributed by atoms with E-state index < -0.39 is 28.4 Å². The van der Waals surface area contributed by atoms with Crippen molar-refractivity contribution in [2.24, 2.45) is 0 Å². The number of ether oxygens (including phenoxy) is 1. The molecule has 26 heavy (non-hydrogen) atoms. The molecule has 0 saturated carbocycles. The number of sulfonamides is 1. The minimum Gasteiger partial charge on any atom is -0.482 e. The lowest BCUT2D eigenvalue weighted by Gasteiger charge is -2.11. The number of rotatable bonds is 8. The van der Waals surface area contributed by atoms with Crippen molar-refractivity contribution < 1.29 is 22.3 Å². The molecule has 2 aromatic rings. The zero-order valence-electron chi connectivity index (χ0n) is 14.0. The van der Waals surface area contributed by atoms with Crippen molar-refractivity contribution in [2.45, 2.75) is 18.2 Å². The summed E-state index contributed by atoms with van der Waals surface area (Å²) in [6.45, 7) is 1.75. The Morgan fingerprint density at radius 3 is 2.62 bits per heavy atom. The van der Waals surface area contributed by atoms with Crippen molar-refractivity contribution >= 4 is 33.2 Å². The largest absolute Gasteiger partial charge is 0.482 e. The van der Waals surface area contributed by atoms with E-state index in [1.165, 1.54) is 36.4 Å². The second kappa shape index (κ2) is 8.98. The standard InChI is InChI=1S/C17H18ClFN2O4S/c1-2-9-20-26(23,24)12-7-8-16(13(18)10-12)25-11-17(22)21-15-6-4-3-5-14(15)19/h3-8,10,20H,2,9,11H2,1H3,(H,21,22). The Bertz CT molecular complexity index is 890. The molecule has 0 heterocycles. The molecule has 2 rings (SSSR count). The van der Waals surface area contributed by atoms with Crippen molar-refractivity contribution in [3.05, 3.63) is 53.3 Å². The van der Waals surface area contributed by atoms with Gasteiger partial charge in [-0.1, -0.05) is 30.7 Å². The highest BCUT2D eigenvalue weighted by molar-refractivity contribution is 7.89. The van der Waals surface area contributed by atoms with Gasteiger partial charge in [0.05, 0.1) is 15.6 Å². The maximum Gasteiger partial charge on any atom is 0.262 e. The van der Waals surface area contributed by atoms with Crippen LogP contribution in [0.2, 0.25) is 5.02 Å². The zero-order valence-corrected chi connectivity index (χ0v) is 15.5. The third kappa shape index (κ3) is 5.42. The van der Waals surface area contributed by atoms with Crippen molar-refractivity contribution in [1.82, 2.24) is 4.72 Å². The lowest BCUT2D eigenvalue weighted by Crippen LogP contribution is -2.24.